The summed E-state index contributed by atoms with van der Waals surface area (Å²) in [5, 5.41) is 10.6. The molecule has 1 atom stereocenters. The van der Waals surface area contributed by atoms with Crippen molar-refractivity contribution in [3.8, 4) is 23.0 Å². The molecule has 2 aromatic rings. The molecule has 0 bridgehead atoms. The molecule has 30 heavy (non-hydrogen) atoms. The van der Waals surface area contributed by atoms with E-state index in [9.17, 15) is 9.59 Å². The van der Waals surface area contributed by atoms with Crippen molar-refractivity contribution in [1.82, 2.24) is 0 Å². The molecule has 2 aromatic carbocycles. The fraction of sp³-hybridized carbons (Fsp3) is 0.300. The molecule has 0 radical (unpaired) electrons. The maximum Gasteiger partial charge on any atom is 0.258 e. The summed E-state index contributed by atoms with van der Waals surface area (Å²) < 4.78 is 20.7. The number of benzene rings is 2. The zero-order chi connectivity index (χ0) is 22.3. The van der Waals surface area contributed by atoms with Gasteiger partial charge in [0.2, 0.25) is 6.04 Å². The maximum absolute atomic E-state index is 12.7. The fourth-order valence-corrected chi connectivity index (χ4v) is 2.73. The van der Waals surface area contributed by atoms with Gasteiger partial charge in [0.15, 0.2) is 17.3 Å². The van der Waals surface area contributed by atoms with E-state index in [1.807, 2.05) is 0 Å². The average Bonchev–Trinajstić information content (AvgIpc) is 2.74. The highest BCUT2D eigenvalue weighted by atomic mass is 35.5. The van der Waals surface area contributed by atoms with E-state index in [0.717, 1.165) is 0 Å². The first-order valence-electron chi connectivity index (χ1n) is 8.70. The highest BCUT2D eigenvalue weighted by Gasteiger charge is 2.25. The Bertz CT molecular complexity index is 964. The first-order valence-corrected chi connectivity index (χ1v) is 9.08. The van der Waals surface area contributed by atoms with Crippen LogP contribution in [0.4, 0.5) is 11.4 Å². The number of ketones is 1. The number of hydrogen-bond acceptors (Lipinski definition) is 8. The summed E-state index contributed by atoms with van der Waals surface area (Å²) in [6.07, 6.45) is 0. The third-order valence-corrected chi connectivity index (χ3v) is 4.32. The van der Waals surface area contributed by atoms with Crippen molar-refractivity contribution in [1.29, 1.82) is 0 Å². The summed E-state index contributed by atoms with van der Waals surface area (Å²) in [5.74, 6) is 0.460. The number of halogens is 1. The van der Waals surface area contributed by atoms with E-state index in [1.165, 1.54) is 41.4 Å². The Morgan fingerprint density at radius 1 is 0.933 bits per heavy atom. The lowest BCUT2D eigenvalue weighted by Gasteiger charge is -2.15. The van der Waals surface area contributed by atoms with Crippen LogP contribution in [0.5, 0.6) is 23.0 Å². The molecule has 0 aliphatic carbocycles. The minimum absolute atomic E-state index is 0.179. The summed E-state index contributed by atoms with van der Waals surface area (Å²) in [7, 11) is 5.88. The second kappa shape index (κ2) is 10.4. The maximum atomic E-state index is 12.7. The lowest BCUT2D eigenvalue weighted by molar-refractivity contribution is -0.126. The summed E-state index contributed by atoms with van der Waals surface area (Å²) in [6.45, 7) is 1.24. The largest absolute Gasteiger partial charge is 0.497 e. The summed E-state index contributed by atoms with van der Waals surface area (Å²) >= 11 is 6.22. The van der Waals surface area contributed by atoms with Gasteiger partial charge in [0, 0.05) is 18.2 Å². The van der Waals surface area contributed by atoms with Gasteiger partial charge in [-0.3, -0.25) is 9.59 Å². The van der Waals surface area contributed by atoms with E-state index < -0.39 is 17.7 Å². The van der Waals surface area contributed by atoms with Gasteiger partial charge in [0.1, 0.15) is 17.2 Å². The Labute approximate surface area is 178 Å². The van der Waals surface area contributed by atoms with Gasteiger partial charge in [-0.15, -0.1) is 0 Å². The second-order valence-electron chi connectivity index (χ2n) is 5.94. The molecule has 1 unspecified atom stereocenters. The van der Waals surface area contributed by atoms with Crippen LogP contribution in [0.15, 0.2) is 40.6 Å². The van der Waals surface area contributed by atoms with Crippen LogP contribution in [0.3, 0.4) is 0 Å². The van der Waals surface area contributed by atoms with Crippen LogP contribution in [0.25, 0.3) is 0 Å². The SMILES string of the molecule is COc1cc(Cl)c(NC(=O)C(N=Nc2ccc(OC)c(OC)c2)C(C)=O)c(OC)c1. The van der Waals surface area contributed by atoms with Crippen molar-refractivity contribution in [2.45, 2.75) is 13.0 Å². The lowest BCUT2D eigenvalue weighted by Crippen LogP contribution is -2.32. The van der Waals surface area contributed by atoms with Crippen LogP contribution >= 0.6 is 11.6 Å². The number of carbonyl (C=O) groups is 2. The zero-order valence-corrected chi connectivity index (χ0v) is 17.9. The number of carbonyl (C=O) groups excluding carboxylic acids is 2. The molecule has 0 saturated heterocycles. The van der Waals surface area contributed by atoms with E-state index in [1.54, 1.807) is 24.3 Å². The van der Waals surface area contributed by atoms with Gasteiger partial charge >= 0.3 is 0 Å². The normalized spacial score (nSPS) is 11.7. The van der Waals surface area contributed by atoms with Crippen molar-refractivity contribution in [2.75, 3.05) is 33.8 Å². The minimum atomic E-state index is -1.39. The lowest BCUT2D eigenvalue weighted by atomic mass is 10.2. The van der Waals surface area contributed by atoms with Crippen LogP contribution in [-0.4, -0.2) is 46.2 Å². The molecule has 0 spiro atoms. The van der Waals surface area contributed by atoms with Gasteiger partial charge in [-0.2, -0.15) is 10.2 Å². The van der Waals surface area contributed by atoms with Crippen LogP contribution in [0, 0.1) is 0 Å². The number of azo groups is 1. The van der Waals surface area contributed by atoms with Crippen LogP contribution in [-0.2, 0) is 9.59 Å². The minimum Gasteiger partial charge on any atom is -0.497 e. The molecule has 0 fully saturated rings. The highest BCUT2D eigenvalue weighted by Crippen LogP contribution is 2.37. The van der Waals surface area contributed by atoms with E-state index in [-0.39, 0.29) is 16.5 Å². The predicted octanol–water partition coefficient (Wildman–Crippen LogP) is 4.05. The summed E-state index contributed by atoms with van der Waals surface area (Å²) in [6, 6.07) is 6.49. The molecular formula is C20H22ClN3O6. The molecule has 10 heteroatoms. The van der Waals surface area contributed by atoms with Crippen LogP contribution in [0.1, 0.15) is 6.92 Å². The molecule has 1 amide bonds. The van der Waals surface area contributed by atoms with Crippen LogP contribution < -0.4 is 24.3 Å². The summed E-state index contributed by atoms with van der Waals surface area (Å²) in [4.78, 5) is 24.7. The van der Waals surface area contributed by atoms with E-state index in [4.69, 9.17) is 30.5 Å². The molecular weight excluding hydrogens is 414 g/mol. The number of nitrogens with zero attached hydrogens (tertiary/aromatic N) is 2. The molecule has 0 aliphatic rings. The number of Topliss-reactive ketones (excluding diaryl/α,β-unsaturated/α-hetero) is 1. The number of methoxy groups -OCH3 is 4. The molecule has 0 heterocycles. The van der Waals surface area contributed by atoms with Crippen molar-refractivity contribution < 1.29 is 28.5 Å². The molecule has 0 aromatic heterocycles. The predicted molar refractivity (Wildman–Crippen MR) is 112 cm³/mol. The smallest absolute Gasteiger partial charge is 0.258 e. The van der Waals surface area contributed by atoms with Crippen molar-refractivity contribution >= 4 is 34.7 Å². The van der Waals surface area contributed by atoms with Crippen LogP contribution in [0.2, 0.25) is 5.02 Å². The molecule has 1 N–H and O–H groups in total. The third-order valence-electron chi connectivity index (χ3n) is 4.02. The quantitative estimate of drug-likeness (QED) is 0.470. The number of hydrogen-bond donors (Lipinski definition) is 1. The first kappa shape index (κ1) is 23.0. The molecule has 160 valence electrons. The Balaban J connectivity index is 2.28. The number of rotatable bonds is 9. The van der Waals surface area contributed by atoms with Crippen molar-refractivity contribution in [2.24, 2.45) is 10.2 Å². The number of anilines is 1. The van der Waals surface area contributed by atoms with Gasteiger partial charge < -0.3 is 24.3 Å². The van der Waals surface area contributed by atoms with E-state index in [0.29, 0.717) is 22.9 Å². The van der Waals surface area contributed by atoms with Gasteiger partial charge in [0.25, 0.3) is 5.91 Å². The first-order chi connectivity index (χ1) is 14.3. The van der Waals surface area contributed by atoms with Gasteiger partial charge in [0.05, 0.1) is 39.1 Å². The Morgan fingerprint density at radius 2 is 1.60 bits per heavy atom. The third kappa shape index (κ3) is 5.38. The van der Waals surface area contributed by atoms with Gasteiger partial charge in [-0.05, 0) is 19.1 Å². The topological polar surface area (TPSA) is 108 Å². The van der Waals surface area contributed by atoms with Gasteiger partial charge in [-0.1, -0.05) is 11.6 Å². The molecule has 0 saturated carbocycles. The Hall–Kier alpha value is -3.33. The van der Waals surface area contributed by atoms with Crippen molar-refractivity contribution in [3.63, 3.8) is 0 Å². The molecule has 0 aliphatic heterocycles. The zero-order valence-electron chi connectivity index (χ0n) is 17.2. The molecule has 9 nitrogen and oxygen atoms in total. The number of ether oxygens (including phenoxy) is 4. The number of nitrogens with one attached hydrogen (secondary N) is 1. The Kier molecular flexibility index (Phi) is 7.99. The molecule has 2 rings (SSSR count). The Morgan fingerprint density at radius 3 is 2.17 bits per heavy atom. The van der Waals surface area contributed by atoms with Crippen molar-refractivity contribution in [3.05, 3.63) is 35.4 Å². The second-order valence-corrected chi connectivity index (χ2v) is 6.35. The fourth-order valence-electron chi connectivity index (χ4n) is 2.48. The van der Waals surface area contributed by atoms with E-state index >= 15 is 0 Å². The summed E-state index contributed by atoms with van der Waals surface area (Å²) in [5.41, 5.74) is 0.573. The number of amides is 1. The van der Waals surface area contributed by atoms with Gasteiger partial charge in [-0.25, -0.2) is 0 Å². The van der Waals surface area contributed by atoms with E-state index in [2.05, 4.69) is 15.5 Å². The highest BCUT2D eigenvalue weighted by molar-refractivity contribution is 6.34. The monoisotopic (exact) mass is 435 g/mol. The standard InChI is InChI=1S/C20H22ClN3O6/c1-11(25)18(24-23-12-6-7-15(28-3)16(8-12)29-4)20(26)22-19-14(21)9-13(27-2)10-17(19)30-5/h6-10,18H,1-5H3,(H,22,26). The average molecular weight is 436 g/mol.